The van der Waals surface area contributed by atoms with Gasteiger partial charge in [-0.1, -0.05) is 45.2 Å². The maximum Gasteiger partial charge on any atom is 0.422 e. The molecule has 2 aliphatic rings. The summed E-state index contributed by atoms with van der Waals surface area (Å²) in [6, 6.07) is 4.19. The van der Waals surface area contributed by atoms with E-state index in [0.717, 1.165) is 31.3 Å². The van der Waals surface area contributed by atoms with Crippen molar-refractivity contribution in [2.45, 2.75) is 76.7 Å². The van der Waals surface area contributed by atoms with Gasteiger partial charge in [0.05, 0.1) is 18.2 Å². The topological polar surface area (TPSA) is 113 Å². The Kier molecular flexibility index (Phi) is 8.52. The molecule has 3 rings (SSSR count). The lowest BCUT2D eigenvalue weighted by molar-refractivity contribution is -0.209. The Morgan fingerprint density at radius 1 is 1.05 bits per heavy atom. The lowest BCUT2D eigenvalue weighted by Gasteiger charge is -2.42. The van der Waals surface area contributed by atoms with E-state index in [1.165, 1.54) is 17.0 Å². The fourth-order valence-electron chi connectivity index (χ4n) is 5.06. The minimum atomic E-state index is -5.18. The molecule has 0 saturated heterocycles. The molecule has 2 unspecified atom stereocenters. The van der Waals surface area contributed by atoms with Crippen molar-refractivity contribution in [1.29, 1.82) is 0 Å². The Morgan fingerprint density at radius 2 is 1.58 bits per heavy atom. The molecule has 2 atom stereocenters. The van der Waals surface area contributed by atoms with Crippen LogP contribution in [0.25, 0.3) is 0 Å². The molecule has 0 radical (unpaired) electrons. The number of alkyl halides is 3. The summed E-state index contributed by atoms with van der Waals surface area (Å²) < 4.78 is 46.0. The largest absolute Gasteiger partial charge is 0.467 e. The predicted molar refractivity (Wildman–Crippen MR) is 129 cm³/mol. The second-order valence-electron chi connectivity index (χ2n) is 10.1. The molecular formula is C26H32F3N3O6. The lowest BCUT2D eigenvalue weighted by Crippen LogP contribution is -2.67. The minimum Gasteiger partial charge on any atom is -0.467 e. The number of carbonyl (C=O) groups is 5. The summed E-state index contributed by atoms with van der Waals surface area (Å²) >= 11 is 0. The van der Waals surface area contributed by atoms with E-state index in [1.54, 1.807) is 31.3 Å². The fourth-order valence-corrected chi connectivity index (χ4v) is 5.06. The van der Waals surface area contributed by atoms with Crippen LogP contribution in [-0.2, 0) is 19.1 Å². The molecule has 38 heavy (non-hydrogen) atoms. The van der Waals surface area contributed by atoms with Crippen molar-refractivity contribution in [3.05, 3.63) is 35.4 Å². The monoisotopic (exact) mass is 539 g/mol. The van der Waals surface area contributed by atoms with Gasteiger partial charge < -0.3 is 15.0 Å². The van der Waals surface area contributed by atoms with Crippen molar-refractivity contribution < 1.29 is 41.9 Å². The van der Waals surface area contributed by atoms with Crippen molar-refractivity contribution in [2.75, 3.05) is 13.7 Å². The van der Waals surface area contributed by atoms with Crippen LogP contribution in [0, 0.1) is 5.92 Å². The number of hydrogen-bond donors (Lipinski definition) is 1. The van der Waals surface area contributed by atoms with E-state index in [2.05, 4.69) is 4.74 Å². The summed E-state index contributed by atoms with van der Waals surface area (Å²) in [6.07, 6.45) is -1.83. The SMILES string of the molecule is COC(=O)C(C)(NC(=O)C(C(C)C)N(C(=O)CN1C(=O)c2ccccc2C1=O)C1CCCCC1)C(F)(F)F. The van der Waals surface area contributed by atoms with Gasteiger partial charge in [0.15, 0.2) is 0 Å². The van der Waals surface area contributed by atoms with Gasteiger partial charge in [-0.3, -0.25) is 24.1 Å². The Labute approximate surface area is 218 Å². The van der Waals surface area contributed by atoms with Crippen LogP contribution in [0.3, 0.4) is 0 Å². The molecule has 4 amide bonds. The number of esters is 1. The number of halogens is 3. The third-order valence-corrected chi connectivity index (χ3v) is 7.16. The van der Waals surface area contributed by atoms with Crippen LogP contribution < -0.4 is 5.32 Å². The highest BCUT2D eigenvalue weighted by Crippen LogP contribution is 2.33. The van der Waals surface area contributed by atoms with Gasteiger partial charge in [-0.05, 0) is 37.8 Å². The van der Waals surface area contributed by atoms with Crippen molar-refractivity contribution >= 4 is 29.6 Å². The van der Waals surface area contributed by atoms with Crippen molar-refractivity contribution in [2.24, 2.45) is 5.92 Å². The lowest BCUT2D eigenvalue weighted by atomic mass is 9.90. The average Bonchev–Trinajstić information content (AvgIpc) is 3.10. The molecule has 1 aromatic rings. The number of nitrogens with one attached hydrogen (secondary N) is 1. The number of rotatable bonds is 8. The number of methoxy groups -OCH3 is 1. The van der Waals surface area contributed by atoms with Gasteiger partial charge in [0.2, 0.25) is 17.4 Å². The molecular weight excluding hydrogens is 507 g/mol. The number of amides is 4. The summed E-state index contributed by atoms with van der Waals surface area (Å²) in [7, 11) is 0.776. The molecule has 208 valence electrons. The molecule has 1 aromatic carbocycles. The molecule has 1 aliphatic heterocycles. The minimum absolute atomic E-state index is 0.145. The van der Waals surface area contributed by atoms with Crippen LogP contribution in [0.1, 0.15) is 73.6 Å². The van der Waals surface area contributed by atoms with E-state index in [4.69, 9.17) is 0 Å². The Morgan fingerprint density at radius 3 is 2.03 bits per heavy atom. The third kappa shape index (κ3) is 5.39. The maximum absolute atomic E-state index is 13.9. The van der Waals surface area contributed by atoms with Crippen molar-refractivity contribution in [3.8, 4) is 0 Å². The fraction of sp³-hybridized carbons (Fsp3) is 0.577. The molecule has 9 nitrogen and oxygen atoms in total. The van der Waals surface area contributed by atoms with Crippen LogP contribution >= 0.6 is 0 Å². The van der Waals surface area contributed by atoms with Crippen molar-refractivity contribution in [1.82, 2.24) is 15.1 Å². The number of benzene rings is 1. The molecule has 1 heterocycles. The normalized spacial score (nSPS) is 18.6. The number of carbonyl (C=O) groups excluding carboxylic acids is 5. The Bertz CT molecular complexity index is 1080. The zero-order chi connectivity index (χ0) is 28.4. The zero-order valence-corrected chi connectivity index (χ0v) is 21.8. The first-order valence-corrected chi connectivity index (χ1v) is 12.5. The van der Waals surface area contributed by atoms with Gasteiger partial charge in [-0.2, -0.15) is 13.2 Å². The van der Waals surface area contributed by atoms with Gasteiger partial charge in [0.25, 0.3) is 11.8 Å². The first kappa shape index (κ1) is 29.1. The molecule has 1 fully saturated rings. The maximum atomic E-state index is 13.9. The van der Waals surface area contributed by atoms with E-state index in [0.29, 0.717) is 19.8 Å². The zero-order valence-electron chi connectivity index (χ0n) is 21.8. The molecule has 0 bridgehead atoms. The summed E-state index contributed by atoms with van der Waals surface area (Å²) in [6.45, 7) is 2.96. The van der Waals surface area contributed by atoms with Crippen LogP contribution in [0.2, 0.25) is 0 Å². The second kappa shape index (κ2) is 11.1. The van der Waals surface area contributed by atoms with E-state index >= 15 is 0 Å². The second-order valence-corrected chi connectivity index (χ2v) is 10.1. The number of hydrogen-bond acceptors (Lipinski definition) is 6. The first-order chi connectivity index (χ1) is 17.7. The number of nitrogens with zero attached hydrogens (tertiary/aromatic N) is 2. The van der Waals surface area contributed by atoms with E-state index in [9.17, 15) is 37.1 Å². The number of fused-ring (bicyclic) bond motifs is 1. The van der Waals surface area contributed by atoms with Gasteiger partial charge in [0, 0.05) is 6.04 Å². The molecule has 1 saturated carbocycles. The molecule has 1 aliphatic carbocycles. The third-order valence-electron chi connectivity index (χ3n) is 7.16. The quantitative estimate of drug-likeness (QED) is 0.401. The van der Waals surface area contributed by atoms with Crippen LogP contribution in [0.4, 0.5) is 13.2 Å². The van der Waals surface area contributed by atoms with E-state index < -0.39 is 65.9 Å². The highest BCUT2D eigenvalue weighted by atomic mass is 19.4. The van der Waals surface area contributed by atoms with Gasteiger partial charge >= 0.3 is 12.1 Å². The predicted octanol–water partition coefficient (Wildman–Crippen LogP) is 3.08. The van der Waals surface area contributed by atoms with Crippen LogP contribution in [-0.4, -0.2) is 76.9 Å². The van der Waals surface area contributed by atoms with E-state index in [-0.39, 0.29) is 11.1 Å². The molecule has 0 aromatic heterocycles. The summed E-state index contributed by atoms with van der Waals surface area (Å²) in [4.78, 5) is 67.0. The van der Waals surface area contributed by atoms with Crippen molar-refractivity contribution in [3.63, 3.8) is 0 Å². The highest BCUT2D eigenvalue weighted by molar-refractivity contribution is 6.22. The summed E-state index contributed by atoms with van der Waals surface area (Å²) in [5, 5.41) is 1.79. The molecule has 12 heteroatoms. The van der Waals surface area contributed by atoms with Crippen LogP contribution in [0.5, 0.6) is 0 Å². The average molecular weight is 540 g/mol. The molecule has 1 N–H and O–H groups in total. The standard InChI is InChI=1S/C26H32F3N3O6/c1-15(2)20(21(34)30-25(3,24(37)38-4)26(27,28)29)32(16-10-6-5-7-11-16)19(33)14-31-22(35)17-12-8-9-13-18(17)23(31)36/h8-9,12-13,15-16,20H,5-7,10-11,14H2,1-4H3,(H,30,34). The first-order valence-electron chi connectivity index (χ1n) is 12.5. The van der Waals surface area contributed by atoms with Crippen LogP contribution in [0.15, 0.2) is 24.3 Å². The van der Waals surface area contributed by atoms with Gasteiger partial charge in [-0.15, -0.1) is 0 Å². The highest BCUT2D eigenvalue weighted by Gasteiger charge is 2.60. The van der Waals surface area contributed by atoms with Gasteiger partial charge in [0.1, 0.15) is 12.6 Å². The van der Waals surface area contributed by atoms with Gasteiger partial charge in [-0.25, -0.2) is 4.79 Å². The Hall–Kier alpha value is -3.44. The smallest absolute Gasteiger partial charge is 0.422 e. The number of ether oxygens (including phenoxy) is 1. The van der Waals surface area contributed by atoms with E-state index in [1.807, 2.05) is 0 Å². The summed E-state index contributed by atoms with van der Waals surface area (Å²) in [5.74, 6) is -5.63. The summed E-state index contributed by atoms with van der Waals surface area (Å²) in [5.41, 5.74) is -3.06. The Balaban J connectivity index is 1.96. The number of imide groups is 1. The molecule has 0 spiro atoms.